The number of rotatable bonds is 6. The van der Waals surface area contributed by atoms with Gasteiger partial charge in [0.2, 0.25) is 5.91 Å². The molecule has 0 spiro atoms. The largest absolute Gasteiger partial charge is 0.506 e. The van der Waals surface area contributed by atoms with E-state index in [0.29, 0.717) is 17.8 Å². The number of nitrogens with two attached hydrogens (primary N) is 1. The molecule has 0 aliphatic rings. The Morgan fingerprint density at radius 2 is 1.83 bits per heavy atom. The molecule has 2 aromatic rings. The molecule has 0 saturated carbocycles. The Bertz CT molecular complexity index is 833. The van der Waals surface area contributed by atoms with Crippen molar-refractivity contribution >= 4 is 33.0 Å². The van der Waals surface area contributed by atoms with E-state index in [1.807, 2.05) is 6.92 Å². The van der Waals surface area contributed by atoms with E-state index in [1.54, 1.807) is 0 Å². The van der Waals surface area contributed by atoms with E-state index in [2.05, 4.69) is 10.0 Å². The third kappa shape index (κ3) is 4.39. The average Bonchev–Trinajstić information content (AvgIpc) is 2.51. The van der Waals surface area contributed by atoms with Crippen LogP contribution in [0.5, 0.6) is 5.75 Å². The van der Waals surface area contributed by atoms with E-state index in [-0.39, 0.29) is 22.2 Å². The van der Waals surface area contributed by atoms with Crippen LogP contribution < -0.4 is 15.8 Å². The molecule has 8 heteroatoms. The maximum Gasteiger partial charge on any atom is 0.262 e. The van der Waals surface area contributed by atoms with Crippen LogP contribution in [-0.4, -0.2) is 19.4 Å². The summed E-state index contributed by atoms with van der Waals surface area (Å²) in [6.07, 6.45) is 1.13. The van der Waals surface area contributed by atoms with Crippen molar-refractivity contribution in [2.75, 3.05) is 15.8 Å². The molecule has 0 saturated heterocycles. The molecule has 0 aliphatic heterocycles. The van der Waals surface area contributed by atoms with Gasteiger partial charge in [0.05, 0.1) is 10.6 Å². The van der Waals surface area contributed by atoms with E-state index in [0.717, 1.165) is 6.42 Å². The van der Waals surface area contributed by atoms with Crippen molar-refractivity contribution in [1.82, 2.24) is 0 Å². The lowest BCUT2D eigenvalue weighted by molar-refractivity contribution is -0.116. The molecule has 2 rings (SSSR count). The molecule has 0 heterocycles. The summed E-state index contributed by atoms with van der Waals surface area (Å²) in [6.45, 7) is 1.90. The molecule has 2 aromatic carbocycles. The Hall–Kier alpha value is -2.74. The van der Waals surface area contributed by atoms with Crippen LogP contribution in [0.15, 0.2) is 47.4 Å². The van der Waals surface area contributed by atoms with Crippen LogP contribution in [0.25, 0.3) is 0 Å². The molecule has 0 atom stereocenters. The summed E-state index contributed by atoms with van der Waals surface area (Å²) in [5.74, 6) is -0.389. The van der Waals surface area contributed by atoms with Crippen LogP contribution in [0.1, 0.15) is 19.8 Å². The molecule has 128 valence electrons. The maximum atomic E-state index is 12.3. The number of phenols is 1. The number of carbonyl (C=O) groups excluding carboxylic acids is 1. The van der Waals surface area contributed by atoms with Crippen LogP contribution in [0.4, 0.5) is 17.1 Å². The van der Waals surface area contributed by atoms with Gasteiger partial charge in [-0.1, -0.05) is 6.92 Å². The Balaban J connectivity index is 2.16. The van der Waals surface area contributed by atoms with Crippen LogP contribution in [0, 0.1) is 0 Å². The summed E-state index contributed by atoms with van der Waals surface area (Å²) in [5, 5.41) is 12.4. The number of hydrogen-bond acceptors (Lipinski definition) is 5. The first-order valence-corrected chi connectivity index (χ1v) is 8.81. The van der Waals surface area contributed by atoms with Gasteiger partial charge in [-0.25, -0.2) is 8.42 Å². The van der Waals surface area contributed by atoms with Crippen molar-refractivity contribution in [3.8, 4) is 5.75 Å². The first-order chi connectivity index (χ1) is 11.3. The van der Waals surface area contributed by atoms with E-state index in [4.69, 9.17) is 5.73 Å². The monoisotopic (exact) mass is 349 g/mol. The lowest BCUT2D eigenvalue weighted by Gasteiger charge is -2.11. The minimum absolute atomic E-state index is 0.00668. The highest BCUT2D eigenvalue weighted by molar-refractivity contribution is 7.92. The van der Waals surface area contributed by atoms with Crippen molar-refractivity contribution in [3.63, 3.8) is 0 Å². The zero-order valence-corrected chi connectivity index (χ0v) is 13.9. The van der Waals surface area contributed by atoms with Gasteiger partial charge in [0.25, 0.3) is 10.0 Å². The SMILES string of the molecule is CCCC(=O)Nc1ccc(S(=O)(=O)Nc2ccc(N)cc2O)cc1. The van der Waals surface area contributed by atoms with Crippen molar-refractivity contribution in [1.29, 1.82) is 0 Å². The fraction of sp³-hybridized carbons (Fsp3) is 0.188. The number of hydrogen-bond donors (Lipinski definition) is 4. The molecular weight excluding hydrogens is 330 g/mol. The zero-order valence-electron chi connectivity index (χ0n) is 13.1. The number of carbonyl (C=O) groups is 1. The smallest absolute Gasteiger partial charge is 0.262 e. The first-order valence-electron chi connectivity index (χ1n) is 7.33. The second-order valence-electron chi connectivity index (χ2n) is 5.20. The number of amides is 1. The fourth-order valence-corrected chi connectivity index (χ4v) is 3.08. The van der Waals surface area contributed by atoms with Gasteiger partial charge in [-0.3, -0.25) is 9.52 Å². The normalized spacial score (nSPS) is 11.0. The lowest BCUT2D eigenvalue weighted by Crippen LogP contribution is -2.14. The number of benzene rings is 2. The standard InChI is InChI=1S/C16H19N3O4S/c1-2-3-16(21)18-12-5-7-13(8-6-12)24(22,23)19-14-9-4-11(17)10-15(14)20/h4-10,19-20H,2-3,17H2,1H3,(H,18,21). The summed E-state index contributed by atoms with van der Waals surface area (Å²) in [4.78, 5) is 11.5. The van der Waals surface area contributed by atoms with Crippen molar-refractivity contribution in [3.05, 3.63) is 42.5 Å². The predicted molar refractivity (Wildman–Crippen MR) is 93.3 cm³/mol. The van der Waals surface area contributed by atoms with Crippen LogP contribution in [0.3, 0.4) is 0 Å². The molecular formula is C16H19N3O4S. The fourth-order valence-electron chi connectivity index (χ4n) is 2.01. The van der Waals surface area contributed by atoms with Crippen molar-refractivity contribution in [2.24, 2.45) is 0 Å². The zero-order chi connectivity index (χ0) is 17.7. The first kappa shape index (κ1) is 17.6. The third-order valence-corrected chi connectivity index (χ3v) is 4.57. The highest BCUT2D eigenvalue weighted by atomic mass is 32.2. The molecule has 0 aliphatic carbocycles. The molecule has 0 radical (unpaired) electrons. The summed E-state index contributed by atoms with van der Waals surface area (Å²) >= 11 is 0. The number of nitrogen functional groups attached to an aromatic ring is 1. The molecule has 7 nitrogen and oxygen atoms in total. The van der Waals surface area contributed by atoms with Gasteiger partial charge in [-0.2, -0.15) is 0 Å². The minimum Gasteiger partial charge on any atom is -0.506 e. The van der Waals surface area contributed by atoms with Gasteiger partial charge >= 0.3 is 0 Å². The quantitative estimate of drug-likeness (QED) is 0.471. The highest BCUT2D eigenvalue weighted by Gasteiger charge is 2.16. The Labute approximate surface area is 140 Å². The van der Waals surface area contributed by atoms with Gasteiger partial charge in [-0.05, 0) is 42.8 Å². The average molecular weight is 349 g/mol. The Morgan fingerprint density at radius 1 is 1.17 bits per heavy atom. The maximum absolute atomic E-state index is 12.3. The minimum atomic E-state index is -3.87. The molecule has 0 aromatic heterocycles. The number of nitrogens with one attached hydrogen (secondary N) is 2. The molecule has 0 bridgehead atoms. The predicted octanol–water partition coefficient (Wildman–Crippen LogP) is 2.51. The molecule has 5 N–H and O–H groups in total. The van der Waals surface area contributed by atoms with E-state index in [1.165, 1.54) is 42.5 Å². The van der Waals surface area contributed by atoms with Gasteiger partial charge in [-0.15, -0.1) is 0 Å². The van der Waals surface area contributed by atoms with Crippen LogP contribution in [-0.2, 0) is 14.8 Å². The lowest BCUT2D eigenvalue weighted by atomic mass is 10.3. The number of sulfonamides is 1. The van der Waals surface area contributed by atoms with Gasteiger partial charge in [0.15, 0.2) is 0 Å². The van der Waals surface area contributed by atoms with Gasteiger partial charge in [0, 0.05) is 23.9 Å². The number of phenolic OH excluding ortho intramolecular Hbond substituents is 1. The highest BCUT2D eigenvalue weighted by Crippen LogP contribution is 2.28. The third-order valence-electron chi connectivity index (χ3n) is 3.19. The summed E-state index contributed by atoms with van der Waals surface area (Å²) in [5.41, 5.74) is 6.38. The van der Waals surface area contributed by atoms with E-state index in [9.17, 15) is 18.3 Å². The molecule has 24 heavy (non-hydrogen) atoms. The second-order valence-corrected chi connectivity index (χ2v) is 6.89. The topological polar surface area (TPSA) is 122 Å². The van der Waals surface area contributed by atoms with Crippen LogP contribution >= 0.6 is 0 Å². The number of aromatic hydroxyl groups is 1. The molecule has 0 unspecified atom stereocenters. The summed E-state index contributed by atoms with van der Waals surface area (Å²) in [7, 11) is -3.87. The van der Waals surface area contributed by atoms with E-state index < -0.39 is 10.0 Å². The van der Waals surface area contributed by atoms with Crippen molar-refractivity contribution < 1.29 is 18.3 Å². The second kappa shape index (κ2) is 7.22. The summed E-state index contributed by atoms with van der Waals surface area (Å²) in [6, 6.07) is 9.86. The number of anilines is 3. The van der Waals surface area contributed by atoms with Crippen LogP contribution in [0.2, 0.25) is 0 Å². The summed E-state index contributed by atoms with van der Waals surface area (Å²) < 4.78 is 27.0. The molecule has 1 amide bonds. The van der Waals surface area contributed by atoms with E-state index >= 15 is 0 Å². The van der Waals surface area contributed by atoms with Crippen molar-refractivity contribution in [2.45, 2.75) is 24.7 Å². The van der Waals surface area contributed by atoms with Gasteiger partial charge in [0.1, 0.15) is 5.75 Å². The Kier molecular flexibility index (Phi) is 5.30. The molecule has 0 fully saturated rings. The Morgan fingerprint density at radius 3 is 2.42 bits per heavy atom. The van der Waals surface area contributed by atoms with Gasteiger partial charge < -0.3 is 16.2 Å².